The van der Waals surface area contributed by atoms with E-state index in [9.17, 15) is 0 Å². The topological polar surface area (TPSA) is 0 Å². The van der Waals surface area contributed by atoms with E-state index >= 15 is 0 Å². The molecule has 0 bridgehead atoms. The molecule has 0 aliphatic rings. The lowest BCUT2D eigenvalue weighted by Gasteiger charge is -1.98. The number of allylic oxidation sites excluding steroid dienone is 4. The molecule has 0 fully saturated rings. The Bertz CT molecular complexity index is 165. The van der Waals surface area contributed by atoms with Crippen molar-refractivity contribution in [3.63, 3.8) is 0 Å². The Hall–Kier alpha value is -0.520. The van der Waals surface area contributed by atoms with Crippen molar-refractivity contribution in [2.45, 2.75) is 78.1 Å². The molecule has 0 aromatic carbocycles. The van der Waals surface area contributed by atoms with Gasteiger partial charge < -0.3 is 0 Å². The maximum absolute atomic E-state index is 2.30. The van der Waals surface area contributed by atoms with Gasteiger partial charge in [-0.3, -0.25) is 0 Å². The summed E-state index contributed by atoms with van der Waals surface area (Å²) in [4.78, 5) is 0. The van der Waals surface area contributed by atoms with Crippen molar-refractivity contribution in [1.82, 2.24) is 0 Å². The molecule has 0 aliphatic heterocycles. The highest BCUT2D eigenvalue weighted by Gasteiger charge is 1.88. The van der Waals surface area contributed by atoms with Crippen LogP contribution in [0.5, 0.6) is 0 Å². The largest absolute Gasteiger partial charge is 0.0846 e. The van der Waals surface area contributed by atoms with E-state index in [2.05, 4.69) is 38.2 Å². The van der Waals surface area contributed by atoms with Gasteiger partial charge in [-0.25, -0.2) is 0 Å². The summed E-state index contributed by atoms with van der Waals surface area (Å²) in [6, 6.07) is 0. The molecule has 0 aromatic rings. The molecule has 0 aromatic heterocycles. The molecule has 0 amide bonds. The highest BCUT2D eigenvalue weighted by molar-refractivity contribution is 5.02. The molecule has 0 N–H and O–H groups in total. The third-order valence-corrected chi connectivity index (χ3v) is 2.81. The predicted molar refractivity (Wildman–Crippen MR) is 75.8 cm³/mol. The van der Waals surface area contributed by atoms with E-state index in [-0.39, 0.29) is 0 Å². The standard InChI is InChI=1S/C16H30/c1-3-5-7-9-11-13-15-16-14-12-10-8-6-4-2/h7,9,11,13H,3-6,8,10,12,14-16H2,1-2H3/b9-7+,13-11+. The smallest absolute Gasteiger partial charge is 0.0348 e. The Morgan fingerprint density at radius 3 is 1.75 bits per heavy atom. The Morgan fingerprint density at radius 1 is 0.562 bits per heavy atom. The molecule has 0 atom stereocenters. The van der Waals surface area contributed by atoms with Crippen LogP contribution in [0.1, 0.15) is 78.1 Å². The summed E-state index contributed by atoms with van der Waals surface area (Å²) in [5.74, 6) is 0. The Labute approximate surface area is 103 Å². The number of hydrogen-bond donors (Lipinski definition) is 0. The van der Waals surface area contributed by atoms with Crippen molar-refractivity contribution >= 4 is 0 Å². The van der Waals surface area contributed by atoms with Crippen molar-refractivity contribution in [2.24, 2.45) is 0 Å². The van der Waals surface area contributed by atoms with Gasteiger partial charge in [-0.2, -0.15) is 0 Å². The average Bonchev–Trinajstić information content (AvgIpc) is 2.31. The number of unbranched alkanes of at least 4 members (excludes halogenated alkanes) is 8. The lowest BCUT2D eigenvalue weighted by molar-refractivity contribution is 0.592. The Kier molecular flexibility index (Phi) is 14.0. The zero-order chi connectivity index (χ0) is 11.9. The normalized spacial score (nSPS) is 11.9. The van der Waals surface area contributed by atoms with Gasteiger partial charge in [0.15, 0.2) is 0 Å². The lowest BCUT2D eigenvalue weighted by Crippen LogP contribution is -1.78. The summed E-state index contributed by atoms with van der Waals surface area (Å²) in [5.41, 5.74) is 0. The van der Waals surface area contributed by atoms with Crippen LogP contribution in [0.15, 0.2) is 24.3 Å². The minimum atomic E-state index is 1.21. The van der Waals surface area contributed by atoms with Crippen molar-refractivity contribution in [1.29, 1.82) is 0 Å². The Morgan fingerprint density at radius 2 is 1.12 bits per heavy atom. The highest BCUT2D eigenvalue weighted by Crippen LogP contribution is 2.08. The minimum Gasteiger partial charge on any atom is -0.0846 e. The molecule has 0 spiro atoms. The molecule has 0 heterocycles. The van der Waals surface area contributed by atoms with Gasteiger partial charge in [0.1, 0.15) is 0 Å². The second-order valence-corrected chi connectivity index (χ2v) is 4.55. The van der Waals surface area contributed by atoms with Crippen LogP contribution in [0.2, 0.25) is 0 Å². The molecular formula is C16H30. The first-order valence-corrected chi connectivity index (χ1v) is 7.23. The van der Waals surface area contributed by atoms with Crippen LogP contribution < -0.4 is 0 Å². The fourth-order valence-electron chi connectivity index (χ4n) is 1.74. The van der Waals surface area contributed by atoms with Gasteiger partial charge >= 0.3 is 0 Å². The molecule has 0 radical (unpaired) electrons. The molecule has 0 rings (SSSR count). The predicted octanol–water partition coefficient (Wildman–Crippen LogP) is 6.04. The maximum atomic E-state index is 2.30. The zero-order valence-electron chi connectivity index (χ0n) is 11.4. The average molecular weight is 222 g/mol. The molecule has 0 saturated heterocycles. The molecular weight excluding hydrogens is 192 g/mol. The van der Waals surface area contributed by atoms with Crippen molar-refractivity contribution in [3.05, 3.63) is 24.3 Å². The van der Waals surface area contributed by atoms with Gasteiger partial charge in [-0.05, 0) is 19.3 Å². The summed E-state index contributed by atoms with van der Waals surface area (Å²) >= 11 is 0. The first kappa shape index (κ1) is 15.5. The van der Waals surface area contributed by atoms with Gasteiger partial charge in [0, 0.05) is 0 Å². The quantitative estimate of drug-likeness (QED) is 0.295. The second-order valence-electron chi connectivity index (χ2n) is 4.55. The van der Waals surface area contributed by atoms with Gasteiger partial charge in [0.25, 0.3) is 0 Å². The van der Waals surface area contributed by atoms with Crippen LogP contribution in [0.3, 0.4) is 0 Å². The van der Waals surface area contributed by atoms with Gasteiger partial charge in [-0.15, -0.1) is 0 Å². The Balaban J connectivity index is 3.08. The third kappa shape index (κ3) is 13.5. The summed E-state index contributed by atoms with van der Waals surface area (Å²) in [5, 5.41) is 0. The van der Waals surface area contributed by atoms with Crippen LogP contribution >= 0.6 is 0 Å². The zero-order valence-corrected chi connectivity index (χ0v) is 11.4. The van der Waals surface area contributed by atoms with Crippen molar-refractivity contribution < 1.29 is 0 Å². The maximum Gasteiger partial charge on any atom is -0.0348 e. The summed E-state index contributed by atoms with van der Waals surface area (Å²) in [6.07, 6.45) is 22.5. The summed E-state index contributed by atoms with van der Waals surface area (Å²) in [6.45, 7) is 4.49. The molecule has 94 valence electrons. The third-order valence-electron chi connectivity index (χ3n) is 2.81. The van der Waals surface area contributed by atoms with Crippen LogP contribution in [0.4, 0.5) is 0 Å². The highest BCUT2D eigenvalue weighted by atomic mass is 13.9. The van der Waals surface area contributed by atoms with Gasteiger partial charge in [0.05, 0.1) is 0 Å². The van der Waals surface area contributed by atoms with E-state index in [1.165, 1.54) is 64.2 Å². The van der Waals surface area contributed by atoms with Crippen LogP contribution in [-0.2, 0) is 0 Å². The molecule has 16 heavy (non-hydrogen) atoms. The van der Waals surface area contributed by atoms with E-state index in [0.717, 1.165) is 0 Å². The van der Waals surface area contributed by atoms with E-state index in [4.69, 9.17) is 0 Å². The monoisotopic (exact) mass is 222 g/mol. The first-order chi connectivity index (χ1) is 7.91. The SMILES string of the molecule is CCC/C=C/C=C/CCCCCCCCC. The number of hydrogen-bond acceptors (Lipinski definition) is 0. The summed E-state index contributed by atoms with van der Waals surface area (Å²) < 4.78 is 0. The van der Waals surface area contributed by atoms with E-state index in [0.29, 0.717) is 0 Å². The fraction of sp³-hybridized carbons (Fsp3) is 0.750. The molecule has 0 aliphatic carbocycles. The van der Waals surface area contributed by atoms with E-state index in [1.807, 2.05) is 0 Å². The fourth-order valence-corrected chi connectivity index (χ4v) is 1.74. The second kappa shape index (κ2) is 14.5. The lowest BCUT2D eigenvalue weighted by atomic mass is 10.1. The van der Waals surface area contributed by atoms with Crippen molar-refractivity contribution in [3.8, 4) is 0 Å². The first-order valence-electron chi connectivity index (χ1n) is 7.23. The minimum absolute atomic E-state index is 1.21. The van der Waals surface area contributed by atoms with Crippen LogP contribution in [0.25, 0.3) is 0 Å². The van der Waals surface area contributed by atoms with Crippen molar-refractivity contribution in [2.75, 3.05) is 0 Å². The van der Waals surface area contributed by atoms with Gasteiger partial charge in [-0.1, -0.05) is 83.1 Å². The number of rotatable bonds is 11. The van der Waals surface area contributed by atoms with E-state index in [1.54, 1.807) is 0 Å². The molecule has 0 heteroatoms. The van der Waals surface area contributed by atoms with Gasteiger partial charge in [0.2, 0.25) is 0 Å². The van der Waals surface area contributed by atoms with Crippen LogP contribution in [0, 0.1) is 0 Å². The molecule has 0 unspecified atom stereocenters. The van der Waals surface area contributed by atoms with Crippen LogP contribution in [-0.4, -0.2) is 0 Å². The summed E-state index contributed by atoms with van der Waals surface area (Å²) in [7, 11) is 0. The molecule has 0 saturated carbocycles. The molecule has 0 nitrogen and oxygen atoms in total. The van der Waals surface area contributed by atoms with E-state index < -0.39 is 0 Å².